The Morgan fingerprint density at radius 1 is 1.53 bits per heavy atom. The van der Waals surface area contributed by atoms with E-state index in [0.29, 0.717) is 6.54 Å². The summed E-state index contributed by atoms with van der Waals surface area (Å²) in [6, 6.07) is 3.61. The van der Waals surface area contributed by atoms with E-state index in [4.69, 9.17) is 4.42 Å². The maximum Gasteiger partial charge on any atom is 0.151 e. The molecule has 0 radical (unpaired) electrons. The Morgan fingerprint density at radius 3 is 2.80 bits per heavy atom. The van der Waals surface area contributed by atoms with Crippen LogP contribution in [0.5, 0.6) is 0 Å². The predicted octanol–water partition coefficient (Wildman–Crippen LogP) is 1.19. The molecule has 0 bridgehead atoms. The summed E-state index contributed by atoms with van der Waals surface area (Å²) in [7, 11) is -2.90. The van der Waals surface area contributed by atoms with E-state index >= 15 is 0 Å². The van der Waals surface area contributed by atoms with E-state index in [1.165, 1.54) is 0 Å². The smallest absolute Gasteiger partial charge is 0.151 e. The number of nitrogens with one attached hydrogen (secondary N) is 1. The maximum absolute atomic E-state index is 11.3. The molecule has 0 spiro atoms. The van der Waals surface area contributed by atoms with Crippen molar-refractivity contribution in [1.82, 2.24) is 5.32 Å². The van der Waals surface area contributed by atoms with Gasteiger partial charge in [-0.3, -0.25) is 0 Å². The van der Waals surface area contributed by atoms with E-state index in [1.807, 2.05) is 19.1 Å². The van der Waals surface area contributed by atoms with E-state index in [-0.39, 0.29) is 17.5 Å². The van der Waals surface area contributed by atoms with Crippen molar-refractivity contribution < 1.29 is 12.8 Å². The second-order valence-corrected chi connectivity index (χ2v) is 5.96. The summed E-state index contributed by atoms with van der Waals surface area (Å²) in [4.78, 5) is 0. The fourth-order valence-corrected chi connectivity index (χ4v) is 2.36. The van der Waals surface area contributed by atoms with E-state index in [0.717, 1.165) is 5.76 Å². The predicted molar refractivity (Wildman–Crippen MR) is 59.3 cm³/mol. The van der Waals surface area contributed by atoms with Crippen molar-refractivity contribution in [3.05, 3.63) is 24.2 Å². The van der Waals surface area contributed by atoms with Crippen molar-refractivity contribution >= 4 is 9.84 Å². The molecule has 0 aromatic carbocycles. The zero-order valence-electron chi connectivity index (χ0n) is 9.06. The average molecular weight is 231 g/mol. The molecule has 0 fully saturated rings. The number of sulfone groups is 1. The van der Waals surface area contributed by atoms with Gasteiger partial charge in [0.15, 0.2) is 9.84 Å². The summed E-state index contributed by atoms with van der Waals surface area (Å²) in [5.41, 5.74) is 0. The van der Waals surface area contributed by atoms with Gasteiger partial charge in [0.05, 0.1) is 18.6 Å². The Morgan fingerprint density at radius 2 is 2.27 bits per heavy atom. The Labute approximate surface area is 90.6 Å². The summed E-state index contributed by atoms with van der Waals surface area (Å²) in [6.45, 7) is 4.08. The highest BCUT2D eigenvalue weighted by molar-refractivity contribution is 7.91. The lowest BCUT2D eigenvalue weighted by Crippen LogP contribution is -2.33. The van der Waals surface area contributed by atoms with Crippen molar-refractivity contribution in [2.75, 3.05) is 11.5 Å². The van der Waals surface area contributed by atoms with Crippen LogP contribution < -0.4 is 5.32 Å². The third-order valence-electron chi connectivity index (χ3n) is 2.15. The van der Waals surface area contributed by atoms with Gasteiger partial charge in [-0.15, -0.1) is 0 Å². The molecule has 0 aliphatic heterocycles. The van der Waals surface area contributed by atoms with Gasteiger partial charge in [-0.2, -0.15) is 0 Å². The summed E-state index contributed by atoms with van der Waals surface area (Å²) >= 11 is 0. The van der Waals surface area contributed by atoms with E-state index in [2.05, 4.69) is 5.32 Å². The van der Waals surface area contributed by atoms with Crippen molar-refractivity contribution in [1.29, 1.82) is 0 Å². The van der Waals surface area contributed by atoms with Crippen LogP contribution in [-0.2, 0) is 16.4 Å². The van der Waals surface area contributed by atoms with Crippen LogP contribution in [0.3, 0.4) is 0 Å². The fourth-order valence-electron chi connectivity index (χ4n) is 1.25. The summed E-state index contributed by atoms with van der Waals surface area (Å²) in [6.07, 6.45) is 1.60. The molecule has 0 aliphatic rings. The molecule has 1 rings (SSSR count). The van der Waals surface area contributed by atoms with Gasteiger partial charge in [-0.1, -0.05) is 6.92 Å². The molecular formula is C10H17NO3S. The van der Waals surface area contributed by atoms with Crippen LogP contribution >= 0.6 is 0 Å². The molecule has 1 aromatic rings. The quantitative estimate of drug-likeness (QED) is 0.799. The van der Waals surface area contributed by atoms with Crippen LogP contribution in [0.2, 0.25) is 0 Å². The highest BCUT2D eigenvalue weighted by atomic mass is 32.2. The molecule has 5 heteroatoms. The molecule has 86 valence electrons. The number of furan rings is 1. The van der Waals surface area contributed by atoms with Gasteiger partial charge in [-0.25, -0.2) is 8.42 Å². The normalized spacial score (nSPS) is 14.0. The average Bonchev–Trinajstić information content (AvgIpc) is 2.66. The zero-order valence-corrected chi connectivity index (χ0v) is 9.88. The van der Waals surface area contributed by atoms with Gasteiger partial charge < -0.3 is 9.73 Å². The van der Waals surface area contributed by atoms with Crippen LogP contribution in [0.15, 0.2) is 22.8 Å². The van der Waals surface area contributed by atoms with Gasteiger partial charge in [0, 0.05) is 11.8 Å². The van der Waals surface area contributed by atoms with E-state index < -0.39 is 9.84 Å². The van der Waals surface area contributed by atoms with Gasteiger partial charge in [0.25, 0.3) is 0 Å². The van der Waals surface area contributed by atoms with Crippen LogP contribution in [0, 0.1) is 0 Å². The first kappa shape index (κ1) is 12.3. The maximum atomic E-state index is 11.3. The molecule has 1 aromatic heterocycles. The number of hydrogen-bond acceptors (Lipinski definition) is 4. The highest BCUT2D eigenvalue weighted by Gasteiger charge is 2.13. The van der Waals surface area contributed by atoms with Gasteiger partial charge in [0.1, 0.15) is 5.76 Å². The first-order chi connectivity index (χ1) is 7.03. The lowest BCUT2D eigenvalue weighted by Gasteiger charge is -2.12. The fraction of sp³-hybridized carbons (Fsp3) is 0.600. The largest absolute Gasteiger partial charge is 0.468 e. The zero-order chi connectivity index (χ0) is 11.3. The molecule has 1 N–H and O–H groups in total. The topological polar surface area (TPSA) is 59.3 Å². The minimum absolute atomic E-state index is 0.0555. The Hall–Kier alpha value is -0.810. The standard InChI is InChI=1S/C10H17NO3S/c1-3-15(12,13)8-9(2)11-7-10-5-4-6-14-10/h4-6,9,11H,3,7-8H2,1-2H3/t9-/m0/s1. The third-order valence-corrected chi connectivity index (χ3v) is 4.04. The van der Waals surface area contributed by atoms with Crippen LogP contribution in [0.1, 0.15) is 19.6 Å². The lowest BCUT2D eigenvalue weighted by molar-refractivity contribution is 0.463. The van der Waals surface area contributed by atoms with Crippen molar-refractivity contribution in [2.24, 2.45) is 0 Å². The minimum Gasteiger partial charge on any atom is -0.468 e. The van der Waals surface area contributed by atoms with Crippen LogP contribution in [0.4, 0.5) is 0 Å². The third kappa shape index (κ3) is 4.48. The molecule has 4 nitrogen and oxygen atoms in total. The van der Waals surface area contributed by atoms with E-state index in [9.17, 15) is 8.42 Å². The number of hydrogen-bond donors (Lipinski definition) is 1. The van der Waals surface area contributed by atoms with E-state index in [1.54, 1.807) is 13.2 Å². The molecule has 0 aliphatic carbocycles. The summed E-state index contributed by atoms with van der Waals surface area (Å²) in [5, 5.41) is 3.10. The summed E-state index contributed by atoms with van der Waals surface area (Å²) < 4.78 is 27.7. The SMILES string of the molecule is CCS(=O)(=O)C[C@H](C)NCc1ccco1. The molecule has 1 heterocycles. The second kappa shape index (κ2) is 5.32. The lowest BCUT2D eigenvalue weighted by atomic mass is 10.3. The monoisotopic (exact) mass is 231 g/mol. The molecule has 0 saturated carbocycles. The summed E-state index contributed by atoms with van der Waals surface area (Å²) in [5.74, 6) is 1.18. The first-order valence-corrected chi connectivity index (χ1v) is 6.82. The molecular weight excluding hydrogens is 214 g/mol. The molecule has 0 unspecified atom stereocenters. The molecule has 0 saturated heterocycles. The second-order valence-electron chi connectivity index (χ2n) is 3.56. The van der Waals surface area contributed by atoms with Gasteiger partial charge in [-0.05, 0) is 19.1 Å². The van der Waals surface area contributed by atoms with Crippen LogP contribution in [0.25, 0.3) is 0 Å². The van der Waals surface area contributed by atoms with Crippen LogP contribution in [-0.4, -0.2) is 26.0 Å². The van der Waals surface area contributed by atoms with Crippen molar-refractivity contribution in [3.8, 4) is 0 Å². The van der Waals surface area contributed by atoms with Crippen molar-refractivity contribution in [2.45, 2.75) is 26.4 Å². The Kier molecular flexibility index (Phi) is 4.35. The minimum atomic E-state index is -2.90. The molecule has 0 amide bonds. The van der Waals surface area contributed by atoms with Crippen molar-refractivity contribution in [3.63, 3.8) is 0 Å². The highest BCUT2D eigenvalue weighted by Crippen LogP contribution is 2.00. The molecule has 15 heavy (non-hydrogen) atoms. The van der Waals surface area contributed by atoms with Gasteiger partial charge >= 0.3 is 0 Å². The Bertz CT molecular complexity index is 369. The first-order valence-electron chi connectivity index (χ1n) is 4.99. The van der Waals surface area contributed by atoms with Gasteiger partial charge in [0.2, 0.25) is 0 Å². The molecule has 1 atom stereocenters. The Balaban J connectivity index is 2.34. The number of rotatable bonds is 6.